The topological polar surface area (TPSA) is 99.5 Å². The number of aliphatic carboxylic acids is 2. The summed E-state index contributed by atoms with van der Waals surface area (Å²) in [6, 6.07) is 26.8. The summed E-state index contributed by atoms with van der Waals surface area (Å²) < 4.78 is 0. The molecular formula is C39H32N2O4. The first-order chi connectivity index (χ1) is 21.9. The highest BCUT2D eigenvalue weighted by molar-refractivity contribution is 5.90. The molecule has 0 bridgehead atoms. The van der Waals surface area contributed by atoms with Gasteiger partial charge in [0, 0.05) is 45.9 Å². The summed E-state index contributed by atoms with van der Waals surface area (Å²) in [4.78, 5) is 29.8. The summed E-state index contributed by atoms with van der Waals surface area (Å²) >= 11 is 0. The van der Waals surface area contributed by atoms with Crippen molar-refractivity contribution in [3.8, 4) is 11.3 Å². The molecule has 0 radical (unpaired) electrons. The van der Waals surface area contributed by atoms with Gasteiger partial charge in [-0.2, -0.15) is 0 Å². The first-order valence-corrected chi connectivity index (χ1v) is 15.5. The van der Waals surface area contributed by atoms with E-state index >= 15 is 0 Å². The van der Waals surface area contributed by atoms with Crippen LogP contribution >= 0.6 is 0 Å². The fraction of sp³-hybridized carbons (Fsp3) is 0.205. The number of pyridine rings is 1. The van der Waals surface area contributed by atoms with E-state index in [0.29, 0.717) is 19.3 Å². The van der Waals surface area contributed by atoms with E-state index in [2.05, 4.69) is 59.9 Å². The highest BCUT2D eigenvalue weighted by Crippen LogP contribution is 2.62. The van der Waals surface area contributed by atoms with Gasteiger partial charge in [0.05, 0.1) is 17.3 Å². The van der Waals surface area contributed by atoms with Gasteiger partial charge in [-0.05, 0) is 59.2 Å². The second kappa shape index (κ2) is 10.2. The van der Waals surface area contributed by atoms with Crippen LogP contribution in [0, 0.1) is 0 Å². The quantitative estimate of drug-likeness (QED) is 0.198. The monoisotopic (exact) mass is 592 g/mol. The van der Waals surface area contributed by atoms with Crippen LogP contribution in [0.2, 0.25) is 0 Å². The van der Waals surface area contributed by atoms with Crippen LogP contribution in [0.1, 0.15) is 54.4 Å². The predicted octanol–water partition coefficient (Wildman–Crippen LogP) is 7.31. The van der Waals surface area contributed by atoms with Crippen molar-refractivity contribution >= 4 is 28.5 Å². The van der Waals surface area contributed by atoms with Gasteiger partial charge < -0.3 is 15.5 Å². The van der Waals surface area contributed by atoms with E-state index in [4.69, 9.17) is 4.98 Å². The average molecular weight is 593 g/mol. The predicted molar refractivity (Wildman–Crippen MR) is 175 cm³/mol. The number of carboxylic acid groups (broad SMARTS) is 2. The number of benzene rings is 3. The number of dihydropyridines is 1. The molecule has 0 saturated heterocycles. The molecule has 1 aromatic heterocycles. The van der Waals surface area contributed by atoms with Crippen molar-refractivity contribution in [3.05, 3.63) is 143 Å². The average Bonchev–Trinajstić information content (AvgIpc) is 3.47. The Labute approximate surface area is 261 Å². The number of para-hydroxylation sites is 1. The number of hydrogen-bond donors (Lipinski definition) is 3. The number of fused-ring (bicyclic) bond motifs is 7. The Hall–Kier alpha value is -5.23. The Kier molecular flexibility index (Phi) is 6.17. The molecule has 1 aliphatic heterocycles. The Morgan fingerprint density at radius 1 is 0.778 bits per heavy atom. The van der Waals surface area contributed by atoms with Crippen molar-refractivity contribution in [3.63, 3.8) is 0 Å². The van der Waals surface area contributed by atoms with E-state index in [1.54, 1.807) is 0 Å². The van der Waals surface area contributed by atoms with Gasteiger partial charge in [0.25, 0.3) is 0 Å². The van der Waals surface area contributed by atoms with Crippen molar-refractivity contribution < 1.29 is 19.8 Å². The standard InChI is InChI=1S/C39H32N2O4/c42-34(43)17-19-38(28-13-5-3-11-26(28)36-30(38)21-24-9-1-7-15-32(24)40-36)23-39(20-18-35(44)45)29-14-6-4-12-27(29)37-31(39)22-25-10-2-8-16-33(25)41-37/h1-16,21-22,32,40H,17-20,23H2,(H,42,43)(H,44,45). The third-order valence-electron chi connectivity index (χ3n) is 10.2. The fourth-order valence-electron chi connectivity index (χ4n) is 8.35. The number of nitrogens with one attached hydrogen (secondary N) is 1. The van der Waals surface area contributed by atoms with Crippen molar-refractivity contribution in [2.45, 2.75) is 49.0 Å². The van der Waals surface area contributed by atoms with Crippen LogP contribution in [0.15, 0.2) is 120 Å². The van der Waals surface area contributed by atoms with E-state index in [0.717, 1.165) is 61.3 Å². The van der Waals surface area contributed by atoms with Gasteiger partial charge in [-0.15, -0.1) is 0 Å². The molecule has 45 heavy (non-hydrogen) atoms. The molecule has 0 spiro atoms. The van der Waals surface area contributed by atoms with Gasteiger partial charge in [-0.25, -0.2) is 4.98 Å². The smallest absolute Gasteiger partial charge is 0.303 e. The molecule has 8 rings (SSSR count). The Morgan fingerprint density at radius 2 is 1.44 bits per heavy atom. The first-order valence-electron chi connectivity index (χ1n) is 15.5. The number of aromatic nitrogens is 1. The fourth-order valence-corrected chi connectivity index (χ4v) is 8.35. The zero-order chi connectivity index (χ0) is 30.8. The first kappa shape index (κ1) is 27.3. The molecule has 3 N–H and O–H groups in total. The lowest BCUT2D eigenvalue weighted by atomic mass is 9.59. The maximum atomic E-state index is 12.3. The molecule has 3 atom stereocenters. The van der Waals surface area contributed by atoms with Gasteiger partial charge >= 0.3 is 11.9 Å². The third-order valence-corrected chi connectivity index (χ3v) is 10.2. The maximum Gasteiger partial charge on any atom is 0.303 e. The molecule has 2 heterocycles. The summed E-state index contributed by atoms with van der Waals surface area (Å²) in [7, 11) is 0. The largest absolute Gasteiger partial charge is 0.481 e. The van der Waals surface area contributed by atoms with E-state index in [1.807, 2.05) is 54.6 Å². The molecule has 0 amide bonds. The van der Waals surface area contributed by atoms with Gasteiger partial charge in [0.15, 0.2) is 0 Å². The third kappa shape index (κ3) is 4.12. The lowest BCUT2D eigenvalue weighted by Gasteiger charge is -2.43. The summed E-state index contributed by atoms with van der Waals surface area (Å²) in [5.74, 6) is -1.71. The van der Waals surface area contributed by atoms with Crippen LogP contribution in [0.3, 0.4) is 0 Å². The lowest BCUT2D eigenvalue weighted by Crippen LogP contribution is -2.40. The summed E-state index contributed by atoms with van der Waals surface area (Å²) in [5, 5.41) is 25.0. The summed E-state index contributed by atoms with van der Waals surface area (Å²) in [6.45, 7) is 0. The second-order valence-corrected chi connectivity index (χ2v) is 12.6. The van der Waals surface area contributed by atoms with Crippen molar-refractivity contribution in [1.82, 2.24) is 10.3 Å². The SMILES string of the molecule is O=C(O)CCC1(CC2(CCC(=O)O)c3ccccc3-c3nc4ccccc4cc32)C2=C(NC3C=CC=CC3=C2)c2ccccc21. The van der Waals surface area contributed by atoms with Crippen LogP contribution in [-0.2, 0) is 20.4 Å². The molecule has 3 aliphatic carbocycles. The van der Waals surface area contributed by atoms with Crippen LogP contribution in [-0.4, -0.2) is 33.2 Å². The molecule has 0 fully saturated rings. The molecule has 6 nitrogen and oxygen atoms in total. The van der Waals surface area contributed by atoms with E-state index < -0.39 is 22.8 Å². The zero-order valence-corrected chi connectivity index (χ0v) is 24.7. The van der Waals surface area contributed by atoms with Gasteiger partial charge in [-0.1, -0.05) is 97.1 Å². The summed E-state index contributed by atoms with van der Waals surface area (Å²) in [6.07, 6.45) is 11.8. The highest BCUT2D eigenvalue weighted by atomic mass is 16.4. The van der Waals surface area contributed by atoms with Crippen LogP contribution < -0.4 is 5.32 Å². The number of nitrogens with zero attached hydrogens (tertiary/aromatic N) is 1. The Morgan fingerprint density at radius 3 is 2.22 bits per heavy atom. The lowest BCUT2D eigenvalue weighted by molar-refractivity contribution is -0.138. The van der Waals surface area contributed by atoms with Crippen molar-refractivity contribution in [2.24, 2.45) is 0 Å². The summed E-state index contributed by atoms with van der Waals surface area (Å²) in [5.41, 5.74) is 8.81. The Balaban J connectivity index is 1.42. The molecule has 222 valence electrons. The minimum absolute atomic E-state index is 0.0209. The molecule has 6 heteroatoms. The van der Waals surface area contributed by atoms with E-state index in [1.165, 1.54) is 0 Å². The van der Waals surface area contributed by atoms with Crippen molar-refractivity contribution in [1.29, 1.82) is 0 Å². The molecular weight excluding hydrogens is 560 g/mol. The molecule has 4 aromatic rings. The number of hydrogen-bond acceptors (Lipinski definition) is 4. The minimum Gasteiger partial charge on any atom is -0.481 e. The highest BCUT2D eigenvalue weighted by Gasteiger charge is 2.54. The number of allylic oxidation sites excluding steroid dienone is 4. The van der Waals surface area contributed by atoms with Crippen LogP contribution in [0.25, 0.3) is 27.9 Å². The second-order valence-electron chi connectivity index (χ2n) is 12.6. The Bertz CT molecular complexity index is 2050. The minimum atomic E-state index is -0.858. The molecule has 3 unspecified atom stereocenters. The number of carbonyl (C=O) groups is 2. The van der Waals surface area contributed by atoms with Crippen molar-refractivity contribution in [2.75, 3.05) is 0 Å². The van der Waals surface area contributed by atoms with Crippen LogP contribution in [0.4, 0.5) is 0 Å². The van der Waals surface area contributed by atoms with Gasteiger partial charge in [0.2, 0.25) is 0 Å². The normalized spacial score (nSPS) is 23.5. The molecule has 0 saturated carbocycles. The number of carboxylic acids is 2. The van der Waals surface area contributed by atoms with Crippen LogP contribution in [0.5, 0.6) is 0 Å². The van der Waals surface area contributed by atoms with E-state index in [-0.39, 0.29) is 18.9 Å². The molecule has 3 aromatic carbocycles. The van der Waals surface area contributed by atoms with E-state index in [9.17, 15) is 19.8 Å². The van der Waals surface area contributed by atoms with Gasteiger partial charge in [-0.3, -0.25) is 9.59 Å². The molecule has 4 aliphatic rings. The zero-order valence-electron chi connectivity index (χ0n) is 24.7. The number of rotatable bonds is 8. The van der Waals surface area contributed by atoms with Gasteiger partial charge in [0.1, 0.15) is 0 Å². The maximum absolute atomic E-state index is 12.3.